The minimum absolute atomic E-state index is 0.108. The fraction of sp³-hybridized carbons (Fsp3) is 0.743. The lowest BCUT2D eigenvalue weighted by Crippen LogP contribution is -2.30. The van der Waals surface area contributed by atoms with E-state index in [1.54, 1.807) is 0 Å². The third kappa shape index (κ3) is 65.1. The van der Waals surface area contributed by atoms with Crippen LogP contribution in [0.2, 0.25) is 0 Å². The van der Waals surface area contributed by atoms with Gasteiger partial charge in [-0.25, -0.2) is 0 Å². The largest absolute Gasteiger partial charge is 0.462 e. The molecule has 0 rings (SSSR count). The van der Waals surface area contributed by atoms with Crippen LogP contribution in [0.5, 0.6) is 0 Å². The van der Waals surface area contributed by atoms with Crippen LogP contribution in [0.1, 0.15) is 335 Å². The normalized spacial score (nSPS) is 12.7. The first-order chi connectivity index (χ1) is 39.5. The zero-order valence-electron chi connectivity index (χ0n) is 52.8. The van der Waals surface area contributed by atoms with Gasteiger partial charge in [-0.2, -0.15) is 0 Å². The molecule has 0 aliphatic rings. The Morgan fingerprint density at radius 3 is 0.825 bits per heavy atom. The van der Waals surface area contributed by atoms with Crippen LogP contribution in [0.15, 0.2) is 97.2 Å². The van der Waals surface area contributed by atoms with E-state index in [1.807, 2.05) is 6.08 Å². The standard InChI is InChI=1S/C74H128O6/c1-4-7-10-13-16-19-22-25-28-31-34-35-36-37-38-39-41-43-46-49-52-55-58-61-64-67-73(76)79-70-71(69-78-72(75)66-63-60-57-54-51-48-45-42-33-30-27-24-21-18-15-12-9-6-3)80-74(77)68-65-62-59-56-53-50-47-44-40-32-29-26-23-20-17-14-11-8-5-2/h8,11,17,20-21,24,26,29-30,33,40,44,50,53,59,62,71H,4-7,9-10,12-16,18-19,22-23,25,27-28,31-32,34-39,41-43,45-49,51-52,54-58,60-61,63-70H2,1-3H3/b11-8-,20-17-,24-21-,29-26-,33-30-,44-40-,53-50-,62-59-. The van der Waals surface area contributed by atoms with E-state index in [1.165, 1.54) is 199 Å². The van der Waals surface area contributed by atoms with Gasteiger partial charge in [0, 0.05) is 19.3 Å². The van der Waals surface area contributed by atoms with Crippen molar-refractivity contribution >= 4 is 17.9 Å². The molecule has 0 amide bonds. The minimum atomic E-state index is -0.823. The molecule has 6 nitrogen and oxygen atoms in total. The van der Waals surface area contributed by atoms with Gasteiger partial charge in [0.15, 0.2) is 6.10 Å². The maximum absolute atomic E-state index is 12.9. The van der Waals surface area contributed by atoms with Gasteiger partial charge in [0.1, 0.15) is 13.2 Å². The van der Waals surface area contributed by atoms with Crippen molar-refractivity contribution in [3.63, 3.8) is 0 Å². The van der Waals surface area contributed by atoms with Gasteiger partial charge in [0.25, 0.3) is 0 Å². The molecule has 1 atom stereocenters. The smallest absolute Gasteiger partial charge is 0.306 e. The molecule has 0 heterocycles. The summed E-state index contributed by atoms with van der Waals surface area (Å²) in [4.78, 5) is 38.4. The summed E-state index contributed by atoms with van der Waals surface area (Å²) in [5.74, 6) is -0.987. The molecule has 0 bridgehead atoms. The van der Waals surface area contributed by atoms with Crippen molar-refractivity contribution in [2.75, 3.05) is 13.2 Å². The van der Waals surface area contributed by atoms with Crippen LogP contribution in [0.4, 0.5) is 0 Å². The summed E-state index contributed by atoms with van der Waals surface area (Å²) < 4.78 is 16.9. The summed E-state index contributed by atoms with van der Waals surface area (Å²) >= 11 is 0. The fourth-order valence-corrected chi connectivity index (χ4v) is 9.74. The molecule has 460 valence electrons. The molecule has 0 N–H and O–H groups in total. The average Bonchev–Trinajstić information content (AvgIpc) is 3.46. The third-order valence-corrected chi connectivity index (χ3v) is 14.8. The van der Waals surface area contributed by atoms with Crippen molar-refractivity contribution in [3.8, 4) is 0 Å². The van der Waals surface area contributed by atoms with Crippen molar-refractivity contribution in [3.05, 3.63) is 97.2 Å². The number of esters is 3. The second-order valence-corrected chi connectivity index (χ2v) is 22.7. The topological polar surface area (TPSA) is 78.9 Å². The van der Waals surface area contributed by atoms with Gasteiger partial charge in [0.05, 0.1) is 0 Å². The number of allylic oxidation sites excluding steroid dienone is 16. The molecule has 0 radical (unpaired) electrons. The lowest BCUT2D eigenvalue weighted by atomic mass is 10.0. The molecule has 80 heavy (non-hydrogen) atoms. The number of hydrogen-bond acceptors (Lipinski definition) is 6. The van der Waals surface area contributed by atoms with Crippen LogP contribution >= 0.6 is 0 Å². The molecule has 0 fully saturated rings. The van der Waals surface area contributed by atoms with E-state index in [-0.39, 0.29) is 31.6 Å². The maximum atomic E-state index is 12.9. The summed E-state index contributed by atoms with van der Waals surface area (Å²) in [5.41, 5.74) is 0. The molecular formula is C74H128O6. The Bertz CT molecular complexity index is 1560. The molecule has 0 aromatic carbocycles. The highest BCUT2D eigenvalue weighted by atomic mass is 16.6. The third-order valence-electron chi connectivity index (χ3n) is 14.8. The number of ether oxygens (including phenoxy) is 3. The highest BCUT2D eigenvalue weighted by molar-refractivity contribution is 5.71. The Morgan fingerprint density at radius 2 is 0.512 bits per heavy atom. The summed E-state index contributed by atoms with van der Waals surface area (Å²) in [6.07, 6.45) is 91.6. The molecule has 0 saturated heterocycles. The maximum Gasteiger partial charge on any atom is 0.306 e. The molecule has 1 unspecified atom stereocenters. The van der Waals surface area contributed by atoms with Gasteiger partial charge >= 0.3 is 17.9 Å². The van der Waals surface area contributed by atoms with Crippen LogP contribution in [0.25, 0.3) is 0 Å². The van der Waals surface area contributed by atoms with Gasteiger partial charge in [0.2, 0.25) is 0 Å². The predicted molar refractivity (Wildman–Crippen MR) is 348 cm³/mol. The lowest BCUT2D eigenvalue weighted by molar-refractivity contribution is -0.166. The second kappa shape index (κ2) is 67.8. The molecule has 0 aromatic heterocycles. The summed E-state index contributed by atoms with van der Waals surface area (Å²) in [5, 5.41) is 0. The predicted octanol–water partition coefficient (Wildman–Crippen LogP) is 23.6. The van der Waals surface area contributed by atoms with Gasteiger partial charge in [-0.05, 0) is 89.9 Å². The van der Waals surface area contributed by atoms with Crippen LogP contribution < -0.4 is 0 Å². The minimum Gasteiger partial charge on any atom is -0.462 e. The Hall–Kier alpha value is -3.67. The summed E-state index contributed by atoms with van der Waals surface area (Å²) in [7, 11) is 0. The molecule has 0 aliphatic heterocycles. The van der Waals surface area contributed by atoms with Crippen molar-refractivity contribution in [1.82, 2.24) is 0 Å². The monoisotopic (exact) mass is 1110 g/mol. The zero-order chi connectivity index (χ0) is 57.8. The molecule has 0 saturated carbocycles. The van der Waals surface area contributed by atoms with Gasteiger partial charge in [-0.3, -0.25) is 14.4 Å². The zero-order valence-corrected chi connectivity index (χ0v) is 52.8. The lowest BCUT2D eigenvalue weighted by Gasteiger charge is -2.18. The van der Waals surface area contributed by atoms with Gasteiger partial charge in [-0.15, -0.1) is 0 Å². The van der Waals surface area contributed by atoms with Crippen LogP contribution in [-0.4, -0.2) is 37.2 Å². The first kappa shape index (κ1) is 76.3. The Labute approximate surface area is 496 Å². The Balaban J connectivity index is 4.41. The molecule has 0 aromatic rings. The fourth-order valence-electron chi connectivity index (χ4n) is 9.74. The summed E-state index contributed by atoms with van der Waals surface area (Å²) in [6.45, 7) is 6.49. The highest BCUT2D eigenvalue weighted by Gasteiger charge is 2.19. The molecular weight excluding hydrogens is 985 g/mol. The highest BCUT2D eigenvalue weighted by Crippen LogP contribution is 2.17. The Morgan fingerprint density at radius 1 is 0.263 bits per heavy atom. The van der Waals surface area contributed by atoms with Crippen LogP contribution in [-0.2, 0) is 28.6 Å². The van der Waals surface area contributed by atoms with Gasteiger partial charge in [-0.1, -0.05) is 323 Å². The Kier molecular flexibility index (Phi) is 64.7. The van der Waals surface area contributed by atoms with E-state index >= 15 is 0 Å². The average molecular weight is 1110 g/mol. The van der Waals surface area contributed by atoms with E-state index in [9.17, 15) is 14.4 Å². The number of rotatable bonds is 62. The molecule has 0 aliphatic carbocycles. The van der Waals surface area contributed by atoms with Crippen molar-refractivity contribution in [1.29, 1.82) is 0 Å². The van der Waals surface area contributed by atoms with E-state index in [0.717, 1.165) is 89.9 Å². The van der Waals surface area contributed by atoms with E-state index in [2.05, 4.69) is 112 Å². The van der Waals surface area contributed by atoms with Gasteiger partial charge < -0.3 is 14.2 Å². The quantitative estimate of drug-likeness (QED) is 0.0261. The van der Waals surface area contributed by atoms with E-state index in [0.29, 0.717) is 19.3 Å². The molecule has 6 heteroatoms. The first-order valence-corrected chi connectivity index (χ1v) is 34.2. The van der Waals surface area contributed by atoms with E-state index in [4.69, 9.17) is 14.2 Å². The van der Waals surface area contributed by atoms with Crippen molar-refractivity contribution in [2.45, 2.75) is 341 Å². The van der Waals surface area contributed by atoms with Crippen LogP contribution in [0, 0.1) is 0 Å². The second-order valence-electron chi connectivity index (χ2n) is 22.7. The molecule has 0 spiro atoms. The van der Waals surface area contributed by atoms with Crippen molar-refractivity contribution in [2.24, 2.45) is 0 Å². The number of carbonyl (C=O) groups excluding carboxylic acids is 3. The van der Waals surface area contributed by atoms with Crippen molar-refractivity contribution < 1.29 is 28.6 Å². The van der Waals surface area contributed by atoms with Crippen LogP contribution in [0.3, 0.4) is 0 Å². The summed E-state index contributed by atoms with van der Waals surface area (Å²) in [6, 6.07) is 0. The number of hydrogen-bond donors (Lipinski definition) is 0. The number of carbonyl (C=O) groups is 3. The van der Waals surface area contributed by atoms with E-state index < -0.39 is 12.1 Å². The number of unbranched alkanes of at least 4 members (excludes halogenated alkanes) is 35. The SMILES string of the molecule is CC/C=C\C/C=C\C/C=C\C/C=C\C/C=C\C/C=C\CCC(=O)OC(COC(=O)CCCCCCCCC/C=C\C/C=C\CCCCCC)COC(=O)CCCCCCCCCCCCCCCCCCCCCCCCCCC. The first-order valence-electron chi connectivity index (χ1n) is 34.2.